The van der Waals surface area contributed by atoms with Gasteiger partial charge in [-0.3, -0.25) is 9.59 Å². The zero-order valence-electron chi connectivity index (χ0n) is 18.0. The molecule has 0 aromatic heterocycles. The molecule has 1 aliphatic heterocycles. The van der Waals surface area contributed by atoms with Crippen LogP contribution in [0.4, 0.5) is 4.79 Å². The van der Waals surface area contributed by atoms with Crippen LogP contribution in [-0.4, -0.2) is 66.1 Å². The van der Waals surface area contributed by atoms with Crippen molar-refractivity contribution in [3.63, 3.8) is 0 Å². The fraction of sp³-hybridized carbons (Fsp3) is 0.545. The fourth-order valence-corrected chi connectivity index (χ4v) is 3.44. The van der Waals surface area contributed by atoms with Gasteiger partial charge in [0.2, 0.25) is 5.91 Å². The lowest BCUT2D eigenvalue weighted by atomic mass is 9.92. The minimum absolute atomic E-state index is 0.198. The number of Topliss-reactive ketones (excluding diaryl/α,β-unsaturated/α-hetero) is 1. The summed E-state index contributed by atoms with van der Waals surface area (Å²) in [4.78, 5) is 48.4. The minimum atomic E-state index is -0.901. The maximum atomic E-state index is 12.6. The normalized spacial score (nSPS) is 15.1. The summed E-state index contributed by atoms with van der Waals surface area (Å²) in [6, 6.07) is 5.67. The molecule has 1 atom stereocenters. The van der Waals surface area contributed by atoms with Crippen LogP contribution in [0.2, 0.25) is 0 Å². The van der Waals surface area contributed by atoms with E-state index in [0.29, 0.717) is 43.2 Å². The molecule has 2 N–H and O–H groups in total. The number of carbonyl (C=O) groups excluding carboxylic acids is 3. The second kappa shape index (κ2) is 11.9. The number of rotatable bonds is 10. The molecule has 0 bridgehead atoms. The summed E-state index contributed by atoms with van der Waals surface area (Å²) in [7, 11) is 0. The van der Waals surface area contributed by atoms with Crippen LogP contribution in [0, 0.1) is 5.92 Å². The van der Waals surface area contributed by atoms with Crippen molar-refractivity contribution in [2.24, 2.45) is 5.92 Å². The average molecular weight is 434 g/mol. The Morgan fingerprint density at radius 2 is 1.81 bits per heavy atom. The summed E-state index contributed by atoms with van der Waals surface area (Å²) in [5.41, 5.74) is 0.428. The summed E-state index contributed by atoms with van der Waals surface area (Å²) in [5.74, 6) is -0.132. The van der Waals surface area contributed by atoms with Crippen molar-refractivity contribution < 1.29 is 33.8 Å². The molecule has 1 unspecified atom stereocenters. The molecule has 1 aromatic rings. The Bertz CT molecular complexity index is 771. The van der Waals surface area contributed by atoms with Crippen molar-refractivity contribution >= 4 is 23.8 Å². The number of ether oxygens (including phenoxy) is 2. The molecule has 1 heterocycles. The topological polar surface area (TPSA) is 122 Å². The first-order valence-electron chi connectivity index (χ1n) is 10.5. The van der Waals surface area contributed by atoms with E-state index < -0.39 is 18.1 Å². The van der Waals surface area contributed by atoms with E-state index >= 15 is 0 Å². The summed E-state index contributed by atoms with van der Waals surface area (Å²) in [6.07, 6.45) is 1.57. The highest BCUT2D eigenvalue weighted by Gasteiger charge is 2.23. The van der Waals surface area contributed by atoms with Gasteiger partial charge in [-0.05, 0) is 63.3 Å². The molecule has 9 nitrogen and oxygen atoms in total. The highest BCUT2D eigenvalue weighted by molar-refractivity contribution is 6.01. The number of carbonyl (C=O) groups is 4. The molecular formula is C22H30N2O7. The van der Waals surface area contributed by atoms with Crippen LogP contribution in [0.25, 0.3) is 0 Å². The number of nitrogens with one attached hydrogen (secondary N) is 1. The first-order chi connectivity index (χ1) is 14.8. The van der Waals surface area contributed by atoms with Gasteiger partial charge in [0.25, 0.3) is 0 Å². The van der Waals surface area contributed by atoms with E-state index in [4.69, 9.17) is 14.6 Å². The number of hydrogen-bond acceptors (Lipinski definition) is 6. The van der Waals surface area contributed by atoms with Gasteiger partial charge in [-0.1, -0.05) is 0 Å². The molecule has 1 aliphatic rings. The maximum Gasteiger partial charge on any atom is 0.407 e. The number of likely N-dealkylation sites (tertiary alicyclic amines) is 1. The summed E-state index contributed by atoms with van der Waals surface area (Å²) >= 11 is 0. The van der Waals surface area contributed by atoms with E-state index in [-0.39, 0.29) is 24.9 Å². The molecule has 1 fully saturated rings. The monoisotopic (exact) mass is 434 g/mol. The largest absolute Gasteiger partial charge is 0.482 e. The molecule has 1 saturated heterocycles. The number of hydrogen-bond donors (Lipinski definition) is 2. The van der Waals surface area contributed by atoms with Gasteiger partial charge in [-0.2, -0.15) is 0 Å². The Hall–Kier alpha value is -3.10. The third-order valence-corrected chi connectivity index (χ3v) is 5.24. The van der Waals surface area contributed by atoms with E-state index in [0.717, 1.165) is 12.8 Å². The predicted octanol–water partition coefficient (Wildman–Crippen LogP) is 2.49. The smallest absolute Gasteiger partial charge is 0.407 e. The molecule has 2 rings (SSSR count). The SMILES string of the molecule is CCOC(=O)COc1ccc(C(=O)C(C)NC(=O)CCC2CCN(C(=O)O)CC2)cc1. The van der Waals surface area contributed by atoms with E-state index in [1.165, 1.54) is 4.90 Å². The van der Waals surface area contributed by atoms with Gasteiger partial charge in [0.15, 0.2) is 12.4 Å². The van der Waals surface area contributed by atoms with Crippen LogP contribution >= 0.6 is 0 Å². The molecule has 31 heavy (non-hydrogen) atoms. The van der Waals surface area contributed by atoms with Crippen LogP contribution < -0.4 is 10.1 Å². The van der Waals surface area contributed by atoms with Crippen LogP contribution in [0.3, 0.4) is 0 Å². The highest BCUT2D eigenvalue weighted by atomic mass is 16.6. The molecular weight excluding hydrogens is 404 g/mol. The van der Waals surface area contributed by atoms with Crippen LogP contribution in [0.15, 0.2) is 24.3 Å². The van der Waals surface area contributed by atoms with E-state index in [1.54, 1.807) is 38.1 Å². The Labute approximate surface area is 181 Å². The summed E-state index contributed by atoms with van der Waals surface area (Å²) in [6.45, 7) is 4.41. The molecule has 0 saturated carbocycles. The lowest BCUT2D eigenvalue weighted by Gasteiger charge is -2.29. The number of piperidine rings is 1. The third kappa shape index (κ3) is 7.92. The van der Waals surface area contributed by atoms with Gasteiger partial charge in [-0.15, -0.1) is 0 Å². The molecule has 0 spiro atoms. The zero-order chi connectivity index (χ0) is 22.8. The summed E-state index contributed by atoms with van der Waals surface area (Å²) in [5, 5.41) is 11.7. The number of nitrogens with zero attached hydrogens (tertiary/aromatic N) is 1. The zero-order valence-corrected chi connectivity index (χ0v) is 18.0. The first kappa shape index (κ1) is 24.2. The Morgan fingerprint density at radius 1 is 1.16 bits per heavy atom. The van der Waals surface area contributed by atoms with Gasteiger partial charge < -0.3 is 24.8 Å². The lowest BCUT2D eigenvalue weighted by molar-refractivity contribution is -0.145. The number of amides is 2. The van der Waals surface area contributed by atoms with Crippen molar-refractivity contribution in [2.45, 2.75) is 45.6 Å². The van der Waals surface area contributed by atoms with E-state index in [2.05, 4.69) is 5.32 Å². The molecule has 0 aliphatic carbocycles. The molecule has 2 amide bonds. The van der Waals surface area contributed by atoms with Crippen molar-refractivity contribution in [3.05, 3.63) is 29.8 Å². The van der Waals surface area contributed by atoms with Crippen molar-refractivity contribution in [1.29, 1.82) is 0 Å². The Morgan fingerprint density at radius 3 is 2.39 bits per heavy atom. The number of benzene rings is 1. The third-order valence-electron chi connectivity index (χ3n) is 5.24. The van der Waals surface area contributed by atoms with Crippen LogP contribution in [0.1, 0.15) is 49.9 Å². The lowest BCUT2D eigenvalue weighted by Crippen LogP contribution is -2.39. The predicted molar refractivity (Wildman–Crippen MR) is 112 cm³/mol. The van der Waals surface area contributed by atoms with Crippen LogP contribution in [0.5, 0.6) is 5.75 Å². The fourth-order valence-electron chi connectivity index (χ4n) is 3.44. The van der Waals surface area contributed by atoms with Crippen molar-refractivity contribution in [3.8, 4) is 5.75 Å². The van der Waals surface area contributed by atoms with Gasteiger partial charge >= 0.3 is 12.1 Å². The van der Waals surface area contributed by atoms with Crippen molar-refractivity contribution in [2.75, 3.05) is 26.3 Å². The maximum absolute atomic E-state index is 12.6. The van der Waals surface area contributed by atoms with Crippen LogP contribution in [-0.2, 0) is 14.3 Å². The number of esters is 1. The second-order valence-corrected chi connectivity index (χ2v) is 7.52. The Balaban J connectivity index is 1.74. The van der Waals surface area contributed by atoms with Gasteiger partial charge in [0.05, 0.1) is 12.6 Å². The standard InChI is InChI=1S/C22H30N2O7/c1-3-30-20(26)14-31-18-7-5-17(6-8-18)21(27)15(2)23-19(25)9-4-16-10-12-24(13-11-16)22(28)29/h5-8,15-16H,3-4,9-14H2,1-2H3,(H,23,25)(H,28,29). The molecule has 1 aromatic carbocycles. The number of carboxylic acid groups (broad SMARTS) is 1. The van der Waals surface area contributed by atoms with E-state index in [1.807, 2.05) is 0 Å². The quantitative estimate of drug-likeness (QED) is 0.428. The Kier molecular flexibility index (Phi) is 9.30. The van der Waals surface area contributed by atoms with Gasteiger partial charge in [-0.25, -0.2) is 9.59 Å². The highest BCUT2D eigenvalue weighted by Crippen LogP contribution is 2.22. The average Bonchev–Trinajstić information content (AvgIpc) is 2.76. The molecule has 9 heteroatoms. The van der Waals surface area contributed by atoms with Gasteiger partial charge in [0.1, 0.15) is 5.75 Å². The van der Waals surface area contributed by atoms with Gasteiger partial charge in [0, 0.05) is 25.1 Å². The van der Waals surface area contributed by atoms with E-state index in [9.17, 15) is 19.2 Å². The summed E-state index contributed by atoms with van der Waals surface area (Å²) < 4.78 is 10.1. The molecule has 170 valence electrons. The van der Waals surface area contributed by atoms with Crippen molar-refractivity contribution in [1.82, 2.24) is 10.2 Å². The molecule has 0 radical (unpaired) electrons. The minimum Gasteiger partial charge on any atom is -0.482 e. The number of ketones is 1. The second-order valence-electron chi connectivity index (χ2n) is 7.52. The first-order valence-corrected chi connectivity index (χ1v) is 10.5.